The van der Waals surface area contributed by atoms with E-state index in [1.54, 1.807) is 18.2 Å². The summed E-state index contributed by atoms with van der Waals surface area (Å²) in [5.41, 5.74) is 2.17. The van der Waals surface area contributed by atoms with Crippen molar-refractivity contribution in [2.24, 2.45) is 0 Å². The first kappa shape index (κ1) is 15.8. The van der Waals surface area contributed by atoms with E-state index in [1.165, 1.54) is 0 Å². The normalized spacial score (nSPS) is 10.5. The number of aromatic nitrogens is 1. The fourth-order valence-electron chi connectivity index (χ4n) is 2.05. The lowest BCUT2D eigenvalue weighted by molar-refractivity contribution is -0.115. The molecule has 6 heteroatoms. The van der Waals surface area contributed by atoms with Gasteiger partial charge in [-0.05, 0) is 48.5 Å². The number of hydrogen-bond acceptors (Lipinski definition) is 3. The molecule has 1 N–H and O–H groups in total. The molecule has 0 spiro atoms. The summed E-state index contributed by atoms with van der Waals surface area (Å²) in [6.07, 6.45) is 0.146. The smallest absolute Gasteiger partial charge is 0.230 e. The average Bonchev–Trinajstić information content (AvgIpc) is 2.98. The van der Waals surface area contributed by atoms with Crippen LogP contribution < -0.4 is 5.32 Å². The first-order valence-corrected chi connectivity index (χ1v) is 8.04. The van der Waals surface area contributed by atoms with Gasteiger partial charge in [-0.1, -0.05) is 32.7 Å². The highest BCUT2D eigenvalue weighted by Crippen LogP contribution is 2.22. The van der Waals surface area contributed by atoms with Gasteiger partial charge in [-0.3, -0.25) is 4.79 Å². The molecule has 1 heterocycles. The molecule has 1 aromatic heterocycles. The molecule has 0 unspecified atom stereocenters. The Balaban J connectivity index is 1.65. The molecule has 0 saturated heterocycles. The van der Waals surface area contributed by atoms with Crippen LogP contribution in [0.3, 0.4) is 0 Å². The molecular weight excluding hydrogens is 380 g/mol. The lowest BCUT2D eigenvalue weighted by atomic mass is 10.1. The molecule has 0 aliphatic carbocycles. The topological polar surface area (TPSA) is 55.1 Å². The Morgan fingerprint density at radius 3 is 2.52 bits per heavy atom. The molecule has 0 aliphatic heterocycles. The number of anilines is 1. The Hall–Kier alpha value is -2.11. The van der Waals surface area contributed by atoms with Gasteiger partial charge in [0, 0.05) is 26.8 Å². The van der Waals surface area contributed by atoms with Crippen LogP contribution in [-0.4, -0.2) is 11.1 Å². The van der Waals surface area contributed by atoms with Gasteiger partial charge in [0.2, 0.25) is 5.91 Å². The summed E-state index contributed by atoms with van der Waals surface area (Å²) in [4.78, 5) is 12.0. The second-order valence-electron chi connectivity index (χ2n) is 4.92. The third-order valence-electron chi connectivity index (χ3n) is 3.16. The number of benzene rings is 2. The van der Waals surface area contributed by atoms with Crippen LogP contribution in [-0.2, 0) is 11.2 Å². The van der Waals surface area contributed by atoms with E-state index in [0.29, 0.717) is 16.5 Å². The largest absolute Gasteiger partial charge is 0.356 e. The summed E-state index contributed by atoms with van der Waals surface area (Å²) in [5, 5.41) is 7.40. The SMILES string of the molecule is O=C(Cc1cc(-c2ccc(Cl)cc2)on1)Nc1ccc(Br)cc1. The standard InChI is InChI=1S/C17H12BrClN2O2/c18-12-3-7-14(8-4-12)20-17(22)10-15-9-16(23-21-15)11-1-5-13(19)6-2-11/h1-9H,10H2,(H,20,22). The van der Waals surface area contributed by atoms with E-state index in [-0.39, 0.29) is 12.3 Å². The van der Waals surface area contributed by atoms with Crippen LogP contribution in [0.1, 0.15) is 5.69 Å². The molecule has 0 saturated carbocycles. The maximum absolute atomic E-state index is 12.0. The molecule has 23 heavy (non-hydrogen) atoms. The summed E-state index contributed by atoms with van der Waals surface area (Å²) in [6, 6.07) is 16.4. The number of nitrogens with one attached hydrogen (secondary N) is 1. The Bertz CT molecular complexity index is 813. The van der Waals surface area contributed by atoms with Crippen molar-refractivity contribution in [3.8, 4) is 11.3 Å². The van der Waals surface area contributed by atoms with Crippen molar-refractivity contribution in [1.29, 1.82) is 0 Å². The van der Waals surface area contributed by atoms with Gasteiger partial charge >= 0.3 is 0 Å². The van der Waals surface area contributed by atoms with Crippen molar-refractivity contribution < 1.29 is 9.32 Å². The van der Waals surface area contributed by atoms with Crippen LogP contribution in [0, 0.1) is 0 Å². The molecule has 0 atom stereocenters. The van der Waals surface area contributed by atoms with Crippen molar-refractivity contribution in [2.45, 2.75) is 6.42 Å². The van der Waals surface area contributed by atoms with E-state index >= 15 is 0 Å². The fraction of sp³-hybridized carbons (Fsp3) is 0.0588. The van der Waals surface area contributed by atoms with Crippen molar-refractivity contribution in [2.75, 3.05) is 5.32 Å². The summed E-state index contributed by atoms with van der Waals surface area (Å²) >= 11 is 9.21. The van der Waals surface area contributed by atoms with Gasteiger partial charge in [-0.25, -0.2) is 0 Å². The molecule has 4 nitrogen and oxygen atoms in total. The van der Waals surface area contributed by atoms with E-state index in [2.05, 4.69) is 26.4 Å². The number of halogens is 2. The van der Waals surface area contributed by atoms with Gasteiger partial charge in [0.05, 0.1) is 12.1 Å². The average molecular weight is 392 g/mol. The molecule has 116 valence electrons. The summed E-state index contributed by atoms with van der Waals surface area (Å²) < 4.78 is 6.24. The molecule has 0 fully saturated rings. The maximum Gasteiger partial charge on any atom is 0.230 e. The van der Waals surface area contributed by atoms with Crippen LogP contribution in [0.2, 0.25) is 5.02 Å². The molecule has 0 aliphatic rings. The zero-order chi connectivity index (χ0) is 16.2. The number of carbonyl (C=O) groups excluding carboxylic acids is 1. The highest BCUT2D eigenvalue weighted by molar-refractivity contribution is 9.10. The van der Waals surface area contributed by atoms with Crippen LogP contribution in [0.4, 0.5) is 5.69 Å². The first-order valence-electron chi connectivity index (χ1n) is 6.87. The second kappa shape index (κ2) is 6.98. The fourth-order valence-corrected chi connectivity index (χ4v) is 2.44. The maximum atomic E-state index is 12.0. The number of hydrogen-bond donors (Lipinski definition) is 1. The van der Waals surface area contributed by atoms with Crippen molar-refractivity contribution in [3.05, 3.63) is 69.8 Å². The van der Waals surface area contributed by atoms with Crippen LogP contribution in [0.25, 0.3) is 11.3 Å². The predicted octanol–water partition coefficient (Wildman–Crippen LogP) is 4.94. The third kappa shape index (κ3) is 4.21. The van der Waals surface area contributed by atoms with Crippen LogP contribution in [0.5, 0.6) is 0 Å². The van der Waals surface area contributed by atoms with Crippen LogP contribution in [0.15, 0.2) is 63.6 Å². The van der Waals surface area contributed by atoms with Gasteiger partial charge in [-0.2, -0.15) is 0 Å². The molecule has 2 aromatic carbocycles. The minimum atomic E-state index is -0.150. The second-order valence-corrected chi connectivity index (χ2v) is 6.27. The quantitative estimate of drug-likeness (QED) is 0.685. The lowest BCUT2D eigenvalue weighted by Gasteiger charge is -2.03. The third-order valence-corrected chi connectivity index (χ3v) is 3.94. The van der Waals surface area contributed by atoms with Gasteiger partial charge < -0.3 is 9.84 Å². The molecule has 3 rings (SSSR count). The van der Waals surface area contributed by atoms with E-state index < -0.39 is 0 Å². The highest BCUT2D eigenvalue weighted by atomic mass is 79.9. The number of carbonyl (C=O) groups is 1. The Morgan fingerprint density at radius 2 is 1.83 bits per heavy atom. The molecule has 0 radical (unpaired) electrons. The zero-order valence-electron chi connectivity index (χ0n) is 11.9. The van der Waals surface area contributed by atoms with Gasteiger partial charge in [0.15, 0.2) is 5.76 Å². The van der Waals surface area contributed by atoms with E-state index in [9.17, 15) is 4.79 Å². The Labute approximate surface area is 146 Å². The van der Waals surface area contributed by atoms with Crippen LogP contribution >= 0.6 is 27.5 Å². The van der Waals surface area contributed by atoms with Crippen molar-refractivity contribution in [3.63, 3.8) is 0 Å². The Kier molecular flexibility index (Phi) is 4.79. The Morgan fingerprint density at radius 1 is 1.13 bits per heavy atom. The van der Waals surface area contributed by atoms with E-state index in [4.69, 9.17) is 16.1 Å². The highest BCUT2D eigenvalue weighted by Gasteiger charge is 2.11. The summed E-state index contributed by atoms with van der Waals surface area (Å²) in [7, 11) is 0. The minimum Gasteiger partial charge on any atom is -0.356 e. The number of nitrogens with zero attached hydrogens (tertiary/aromatic N) is 1. The van der Waals surface area contributed by atoms with E-state index in [0.717, 1.165) is 15.7 Å². The number of amides is 1. The lowest BCUT2D eigenvalue weighted by Crippen LogP contribution is -2.14. The molecule has 1 amide bonds. The predicted molar refractivity (Wildman–Crippen MR) is 93.4 cm³/mol. The molecular formula is C17H12BrClN2O2. The number of rotatable bonds is 4. The monoisotopic (exact) mass is 390 g/mol. The zero-order valence-corrected chi connectivity index (χ0v) is 14.3. The van der Waals surface area contributed by atoms with Crippen molar-refractivity contribution >= 4 is 39.1 Å². The first-order chi connectivity index (χ1) is 11.1. The van der Waals surface area contributed by atoms with Gasteiger partial charge in [0.1, 0.15) is 0 Å². The summed E-state index contributed by atoms with van der Waals surface area (Å²) in [5.74, 6) is 0.455. The van der Waals surface area contributed by atoms with Gasteiger partial charge in [-0.15, -0.1) is 0 Å². The minimum absolute atomic E-state index is 0.146. The summed E-state index contributed by atoms with van der Waals surface area (Å²) in [6.45, 7) is 0. The molecule has 3 aromatic rings. The van der Waals surface area contributed by atoms with Gasteiger partial charge in [0.25, 0.3) is 0 Å². The van der Waals surface area contributed by atoms with E-state index in [1.807, 2.05) is 36.4 Å². The molecule has 0 bridgehead atoms. The van der Waals surface area contributed by atoms with Crippen molar-refractivity contribution in [1.82, 2.24) is 5.16 Å².